The average molecular weight is 1100 g/mol. The fraction of sp³-hybridized carbons (Fsp3) is 0.393. The van der Waals surface area contributed by atoms with Crippen LogP contribution in [0, 0.1) is 5.92 Å². The molecule has 0 spiro atoms. The molecule has 2 aliphatic heterocycles. The van der Waals surface area contributed by atoms with Gasteiger partial charge in [-0.3, -0.25) is 9.13 Å². The minimum Gasteiger partial charge on any atom is -0.387 e. The summed E-state index contributed by atoms with van der Waals surface area (Å²) in [5, 5.41) is 49.3. The zero-order chi connectivity index (χ0) is 55.6. The van der Waals surface area contributed by atoms with Gasteiger partial charge in [-0.2, -0.15) is 0 Å². The van der Waals surface area contributed by atoms with Crippen LogP contribution in [0.3, 0.4) is 0 Å². The molecule has 0 radical (unpaired) electrons. The third-order valence-electron chi connectivity index (χ3n) is 13.8. The number of aliphatic hydroxyl groups excluding tert-OH is 4. The third kappa shape index (κ3) is 13.3. The number of hydrogen-bond acceptors (Lipinski definition) is 19. The molecule has 2 saturated heterocycles. The van der Waals surface area contributed by atoms with Gasteiger partial charge in [0.1, 0.15) is 48.3 Å². The van der Waals surface area contributed by atoms with Crippen LogP contribution in [0.25, 0.3) is 22.3 Å². The number of anilines is 2. The van der Waals surface area contributed by atoms with Gasteiger partial charge in [0, 0.05) is 39.1 Å². The standard InChI is InChI=1S/C30H38N6O6S.C26H30N6O4/c1-19(2)17-43(39,40)33-15-24-34-28(31-14-22(20-10-6-4-7-11-20)21-12-8-5-9-13-21)25-29(35-24)36(18-32-25)30-27(38)26(37)23(42-30)16-41-3;1-35-14-19-22(33)23(34)26(36-19)32-15-29-21-24(30-20(12-27)31-25(21)32)28-13-18(16-8-4-2-5-9-16)17-10-6-3-7-11-17/h4-13,18-19,22-23,26-27,30,33,37-38H,14-17H2,1-3H3,(H,31,34,35);2-11,15,18-19,22-23,26,33-34H,12-14,27H2,1H3,(H,28,30,31)/t23-,26-,27-,30-;19-,22-,23-,26-/m11/s1. The zero-order valence-corrected chi connectivity index (χ0v) is 45.1. The van der Waals surface area contributed by atoms with Gasteiger partial charge in [0.15, 0.2) is 46.4 Å². The molecule has 0 unspecified atom stereocenters. The second kappa shape index (κ2) is 25.9. The van der Waals surface area contributed by atoms with Crippen molar-refractivity contribution in [1.29, 1.82) is 0 Å². The first-order valence-corrected chi connectivity index (χ1v) is 27.7. The minimum absolute atomic E-state index is 0.0209. The summed E-state index contributed by atoms with van der Waals surface area (Å²) < 4.78 is 53.0. The summed E-state index contributed by atoms with van der Waals surface area (Å²) in [5.41, 5.74) is 12.2. The van der Waals surface area contributed by atoms with Gasteiger partial charge in [0.05, 0.1) is 44.7 Å². The monoisotopic (exact) mass is 1100 g/mol. The van der Waals surface area contributed by atoms with Crippen molar-refractivity contribution in [3.8, 4) is 0 Å². The molecule has 23 heteroatoms. The van der Waals surface area contributed by atoms with Crippen LogP contribution < -0.4 is 21.1 Å². The molecule has 2 aliphatic rings. The topological polar surface area (TPSA) is 301 Å². The molecule has 22 nitrogen and oxygen atoms in total. The molecular formula is C56H68N12O10S. The summed E-state index contributed by atoms with van der Waals surface area (Å²) in [6.45, 7) is 4.90. The van der Waals surface area contributed by atoms with Crippen molar-refractivity contribution in [2.45, 2.75) is 87.9 Å². The lowest BCUT2D eigenvalue weighted by molar-refractivity contribution is -0.0580. The summed E-state index contributed by atoms with van der Waals surface area (Å²) in [5.74, 6) is 1.54. The van der Waals surface area contributed by atoms with Gasteiger partial charge in [0.2, 0.25) is 10.0 Å². The Labute approximate surface area is 458 Å². The normalized spacial score (nSPS) is 21.3. The van der Waals surface area contributed by atoms with Crippen LogP contribution in [0.1, 0.15) is 72.0 Å². The highest BCUT2D eigenvalue weighted by Crippen LogP contribution is 2.36. The number of hydrogen-bond donors (Lipinski definition) is 8. The van der Waals surface area contributed by atoms with Crippen molar-refractivity contribution < 1.29 is 47.8 Å². The lowest BCUT2D eigenvalue weighted by atomic mass is 9.91. The predicted octanol–water partition coefficient (Wildman–Crippen LogP) is 4.21. The summed E-state index contributed by atoms with van der Waals surface area (Å²) >= 11 is 0. The number of nitrogens with two attached hydrogens (primary N) is 1. The Morgan fingerprint density at radius 1 is 0.582 bits per heavy atom. The maximum Gasteiger partial charge on any atom is 0.212 e. The number of ether oxygens (including phenoxy) is 4. The molecule has 0 aliphatic carbocycles. The van der Waals surface area contributed by atoms with Crippen molar-refractivity contribution in [1.82, 2.24) is 43.8 Å². The van der Waals surface area contributed by atoms with E-state index < -0.39 is 59.1 Å². The highest BCUT2D eigenvalue weighted by Gasteiger charge is 2.45. The molecule has 2 fully saturated rings. The van der Waals surface area contributed by atoms with E-state index in [2.05, 4.69) is 93.8 Å². The molecule has 6 heterocycles. The summed E-state index contributed by atoms with van der Waals surface area (Å²) in [7, 11) is -0.572. The van der Waals surface area contributed by atoms with E-state index in [4.69, 9.17) is 24.7 Å². The smallest absolute Gasteiger partial charge is 0.212 e. The summed E-state index contributed by atoms with van der Waals surface area (Å²) in [6.07, 6.45) is -4.99. The van der Waals surface area contributed by atoms with Gasteiger partial charge in [-0.25, -0.2) is 43.0 Å². The van der Waals surface area contributed by atoms with Crippen molar-refractivity contribution in [2.24, 2.45) is 11.7 Å². The molecule has 418 valence electrons. The second-order valence-electron chi connectivity index (χ2n) is 19.8. The van der Waals surface area contributed by atoms with Gasteiger partial charge in [-0.05, 0) is 28.2 Å². The van der Waals surface area contributed by atoms with E-state index >= 15 is 0 Å². The Kier molecular flexibility index (Phi) is 18.7. The van der Waals surface area contributed by atoms with Crippen LogP contribution in [-0.2, 0) is 42.1 Å². The van der Waals surface area contributed by atoms with E-state index in [1.807, 2.05) is 86.6 Å². The number of nitrogens with zero attached hydrogens (tertiary/aromatic N) is 8. The molecule has 10 rings (SSSR count). The fourth-order valence-corrected chi connectivity index (χ4v) is 11.2. The van der Waals surface area contributed by atoms with Gasteiger partial charge < -0.3 is 55.7 Å². The molecule has 8 aromatic rings. The number of sulfonamides is 1. The highest BCUT2D eigenvalue weighted by atomic mass is 32.2. The highest BCUT2D eigenvalue weighted by molar-refractivity contribution is 7.89. The van der Waals surface area contributed by atoms with E-state index in [1.54, 1.807) is 4.57 Å². The van der Waals surface area contributed by atoms with Gasteiger partial charge in [0.25, 0.3) is 0 Å². The fourth-order valence-electron chi connectivity index (χ4n) is 9.90. The maximum absolute atomic E-state index is 12.6. The zero-order valence-electron chi connectivity index (χ0n) is 44.3. The van der Waals surface area contributed by atoms with Crippen LogP contribution in [0.15, 0.2) is 134 Å². The van der Waals surface area contributed by atoms with Crippen LogP contribution >= 0.6 is 0 Å². The van der Waals surface area contributed by atoms with E-state index in [9.17, 15) is 28.8 Å². The number of rotatable bonds is 22. The molecule has 0 amide bonds. The largest absolute Gasteiger partial charge is 0.387 e. The van der Waals surface area contributed by atoms with Gasteiger partial charge in [-0.1, -0.05) is 135 Å². The van der Waals surface area contributed by atoms with Crippen LogP contribution in [0.2, 0.25) is 0 Å². The Morgan fingerprint density at radius 3 is 1.33 bits per heavy atom. The number of nitrogens with one attached hydrogen (secondary N) is 3. The first-order chi connectivity index (χ1) is 38.3. The number of benzene rings is 4. The van der Waals surface area contributed by atoms with Crippen molar-refractivity contribution in [2.75, 3.05) is 56.9 Å². The molecular weight excluding hydrogens is 1030 g/mol. The van der Waals surface area contributed by atoms with Gasteiger partial charge >= 0.3 is 0 Å². The second-order valence-corrected chi connectivity index (χ2v) is 21.7. The number of methoxy groups -OCH3 is 2. The first-order valence-electron chi connectivity index (χ1n) is 26.1. The molecule has 8 atom stereocenters. The Balaban J connectivity index is 0.000000195. The number of aliphatic hydroxyl groups is 4. The molecule has 79 heavy (non-hydrogen) atoms. The van der Waals surface area contributed by atoms with Crippen molar-refractivity contribution >= 4 is 44.0 Å². The van der Waals surface area contributed by atoms with E-state index in [0.717, 1.165) is 11.1 Å². The van der Waals surface area contributed by atoms with Crippen molar-refractivity contribution in [3.05, 3.63) is 168 Å². The van der Waals surface area contributed by atoms with Crippen molar-refractivity contribution in [3.63, 3.8) is 0 Å². The summed E-state index contributed by atoms with van der Waals surface area (Å²) in [6, 6.07) is 40.7. The Morgan fingerprint density at radius 2 is 0.962 bits per heavy atom. The quantitative estimate of drug-likeness (QED) is 0.0472. The molecule has 0 bridgehead atoms. The lowest BCUT2D eigenvalue weighted by Gasteiger charge is -2.20. The predicted molar refractivity (Wildman–Crippen MR) is 296 cm³/mol. The van der Waals surface area contributed by atoms with Gasteiger partial charge in [-0.15, -0.1) is 0 Å². The number of fused-ring (bicyclic) bond motifs is 2. The third-order valence-corrected chi connectivity index (χ3v) is 15.5. The average Bonchev–Trinajstić information content (AvgIpc) is 4.24. The molecule has 4 aromatic carbocycles. The molecule has 4 aromatic heterocycles. The molecule has 9 N–H and O–H groups in total. The van der Waals surface area contributed by atoms with Crippen LogP contribution in [-0.4, -0.2) is 151 Å². The molecule has 0 saturated carbocycles. The van der Waals surface area contributed by atoms with Crippen LogP contribution in [0.5, 0.6) is 0 Å². The summed E-state index contributed by atoms with van der Waals surface area (Å²) in [4.78, 5) is 27.5. The Hall–Kier alpha value is -6.87. The van der Waals surface area contributed by atoms with E-state index in [0.29, 0.717) is 52.9 Å². The maximum atomic E-state index is 12.6. The lowest BCUT2D eigenvalue weighted by Crippen LogP contribution is -2.33. The number of imidazole rings is 2. The van der Waals surface area contributed by atoms with E-state index in [-0.39, 0.29) is 55.6 Å². The first kappa shape index (κ1) is 56.8. The van der Waals surface area contributed by atoms with Crippen LogP contribution in [0.4, 0.5) is 11.6 Å². The van der Waals surface area contributed by atoms with E-state index in [1.165, 1.54) is 42.6 Å². The number of aromatic nitrogens is 8. The Bertz CT molecular complexity index is 3250. The minimum atomic E-state index is -3.57. The SMILES string of the molecule is COC[C@H]1O[C@@H](n2cnc3c(NCC(c4ccccc4)c4ccccc4)nc(CN)nc32)[C@H](O)[C@@H]1O.COC[C@H]1O[C@@H](n2cnc3c(NCC(c4ccccc4)c4ccccc4)nc(CNS(=O)(=O)CC(C)C)nc32)[C@H](O)[C@@H]1O.